The van der Waals surface area contributed by atoms with Gasteiger partial charge in [-0.2, -0.15) is 0 Å². The number of esters is 3. The lowest BCUT2D eigenvalue weighted by Gasteiger charge is -2.40. The van der Waals surface area contributed by atoms with Crippen molar-refractivity contribution >= 4 is 23.8 Å². The molecule has 1 heterocycles. The van der Waals surface area contributed by atoms with Crippen LogP contribution < -0.4 is 0 Å². The van der Waals surface area contributed by atoms with Crippen LogP contribution in [0.1, 0.15) is 101 Å². The van der Waals surface area contributed by atoms with E-state index in [1.165, 1.54) is 7.11 Å². The summed E-state index contributed by atoms with van der Waals surface area (Å²) in [7, 11) is 1.31. The van der Waals surface area contributed by atoms with Crippen LogP contribution in [0.25, 0.3) is 0 Å². The smallest absolute Gasteiger partial charge is 0.312 e. The molecule has 36 heavy (non-hydrogen) atoms. The van der Waals surface area contributed by atoms with E-state index in [1.807, 2.05) is 20.8 Å². The molecule has 0 radical (unpaired) electrons. The molecule has 0 N–H and O–H groups in total. The quantitative estimate of drug-likeness (QED) is 0.256. The maximum absolute atomic E-state index is 13.4. The van der Waals surface area contributed by atoms with Crippen LogP contribution in [0.2, 0.25) is 0 Å². The Morgan fingerprint density at radius 2 is 1.58 bits per heavy atom. The van der Waals surface area contributed by atoms with Crippen molar-refractivity contribution in [2.45, 2.75) is 106 Å². The minimum Gasteiger partial charge on any atom is -0.469 e. The van der Waals surface area contributed by atoms with Gasteiger partial charge in [0.15, 0.2) is 0 Å². The number of methoxy groups -OCH3 is 1. The first kappa shape index (κ1) is 31.9. The molecule has 0 aromatic rings. The van der Waals surface area contributed by atoms with Crippen molar-refractivity contribution in [1.82, 2.24) is 4.90 Å². The highest BCUT2D eigenvalue weighted by Gasteiger charge is 2.48. The monoisotopic (exact) mass is 511 g/mol. The highest BCUT2D eigenvalue weighted by Crippen LogP contribution is 2.44. The molecule has 0 spiro atoms. The number of hydrogen-bond acceptors (Lipinski definition) is 7. The first-order valence-electron chi connectivity index (χ1n) is 13.1. The molecule has 1 amide bonds. The molecule has 1 rings (SSSR count). The average Bonchev–Trinajstić information content (AvgIpc) is 3.15. The Kier molecular flexibility index (Phi) is 11.0. The van der Waals surface area contributed by atoms with Gasteiger partial charge in [-0.1, -0.05) is 34.6 Å². The zero-order valence-electron chi connectivity index (χ0n) is 24.2. The largest absolute Gasteiger partial charge is 0.469 e. The summed E-state index contributed by atoms with van der Waals surface area (Å²) in [5, 5.41) is 0. The molecule has 0 aliphatic carbocycles. The van der Waals surface area contributed by atoms with Crippen molar-refractivity contribution in [2.24, 2.45) is 22.2 Å². The summed E-state index contributed by atoms with van der Waals surface area (Å²) in [4.78, 5) is 52.5. The average molecular weight is 512 g/mol. The van der Waals surface area contributed by atoms with Crippen molar-refractivity contribution in [3.05, 3.63) is 0 Å². The molecule has 0 saturated carbocycles. The molecule has 1 fully saturated rings. The molecule has 3 atom stereocenters. The van der Waals surface area contributed by atoms with E-state index >= 15 is 0 Å². The molecule has 208 valence electrons. The maximum atomic E-state index is 13.4. The number of rotatable bonds is 13. The predicted molar refractivity (Wildman–Crippen MR) is 138 cm³/mol. The molecule has 1 aliphatic rings. The molecule has 3 unspecified atom stereocenters. The van der Waals surface area contributed by atoms with Crippen LogP contribution >= 0.6 is 0 Å². The van der Waals surface area contributed by atoms with E-state index in [4.69, 9.17) is 14.2 Å². The Morgan fingerprint density at radius 3 is 2.06 bits per heavy atom. The Labute approximate surface area is 217 Å². The van der Waals surface area contributed by atoms with Gasteiger partial charge in [0, 0.05) is 13.0 Å². The Hall–Kier alpha value is -2.12. The van der Waals surface area contributed by atoms with Gasteiger partial charge in [-0.3, -0.25) is 19.2 Å². The lowest BCUT2D eigenvalue weighted by atomic mass is 9.68. The second-order valence-corrected chi connectivity index (χ2v) is 12.8. The Morgan fingerprint density at radius 1 is 0.972 bits per heavy atom. The first-order valence-corrected chi connectivity index (χ1v) is 13.1. The molecular formula is C28H49NO7. The number of hydrogen-bond donors (Lipinski definition) is 0. The number of nitrogens with zero attached hydrogens (tertiary/aromatic N) is 1. The van der Waals surface area contributed by atoms with E-state index in [-0.39, 0.29) is 36.7 Å². The van der Waals surface area contributed by atoms with E-state index in [0.29, 0.717) is 32.4 Å². The number of likely N-dealkylation sites (tertiary alicyclic amines) is 1. The summed E-state index contributed by atoms with van der Waals surface area (Å²) in [5.41, 5.74) is -2.74. The van der Waals surface area contributed by atoms with Gasteiger partial charge in [0.2, 0.25) is 5.91 Å². The SMILES string of the molecule is CCC(C)(CC(C)(CC(C)C(=O)OCCN1CCCC1=O)C(=O)OC)C(=O)OC(C)(C)CC(C)(C)C. The van der Waals surface area contributed by atoms with E-state index in [1.54, 1.807) is 25.7 Å². The second-order valence-electron chi connectivity index (χ2n) is 12.8. The van der Waals surface area contributed by atoms with Gasteiger partial charge in [0.05, 0.1) is 30.4 Å². The molecule has 0 bridgehead atoms. The van der Waals surface area contributed by atoms with E-state index in [9.17, 15) is 19.2 Å². The Bertz CT molecular complexity index is 800. The van der Waals surface area contributed by atoms with Crippen LogP contribution in [0.3, 0.4) is 0 Å². The van der Waals surface area contributed by atoms with Crippen LogP contribution in [-0.4, -0.2) is 61.1 Å². The zero-order valence-corrected chi connectivity index (χ0v) is 24.2. The summed E-state index contributed by atoms with van der Waals surface area (Å²) in [6.45, 7) is 18.4. The standard InChI is InChI=1S/C28H49NO7/c1-11-27(8,24(33)36-26(6,7)18-25(3,4)5)19-28(9,23(32)34-10)17-20(2)22(31)35-16-15-29-14-12-13-21(29)30/h20H,11-19H2,1-10H3. The third-order valence-corrected chi connectivity index (χ3v) is 6.99. The summed E-state index contributed by atoms with van der Waals surface area (Å²) >= 11 is 0. The van der Waals surface area contributed by atoms with Crippen molar-refractivity contribution in [2.75, 3.05) is 26.8 Å². The number of carbonyl (C=O) groups is 4. The minimum absolute atomic E-state index is 0.0230. The zero-order chi connectivity index (χ0) is 27.9. The van der Waals surface area contributed by atoms with E-state index in [2.05, 4.69) is 20.8 Å². The molecule has 1 aliphatic heterocycles. The molecule has 0 aromatic heterocycles. The highest BCUT2D eigenvalue weighted by atomic mass is 16.6. The van der Waals surface area contributed by atoms with Gasteiger partial charge in [-0.25, -0.2) is 0 Å². The van der Waals surface area contributed by atoms with Crippen molar-refractivity contribution in [1.29, 1.82) is 0 Å². The molecule has 0 aromatic carbocycles. The van der Waals surface area contributed by atoms with Gasteiger partial charge < -0.3 is 19.1 Å². The fourth-order valence-corrected chi connectivity index (χ4v) is 5.46. The van der Waals surface area contributed by atoms with Gasteiger partial charge >= 0.3 is 17.9 Å². The van der Waals surface area contributed by atoms with Gasteiger partial charge in [0.25, 0.3) is 0 Å². The third kappa shape index (κ3) is 9.40. The topological polar surface area (TPSA) is 99.2 Å². The Balaban J connectivity index is 2.93. The van der Waals surface area contributed by atoms with Crippen LogP contribution in [0, 0.1) is 22.2 Å². The number of amides is 1. The minimum atomic E-state index is -1.10. The van der Waals surface area contributed by atoms with Crippen molar-refractivity contribution in [3.8, 4) is 0 Å². The fourth-order valence-electron chi connectivity index (χ4n) is 5.46. The molecule has 8 heteroatoms. The highest BCUT2D eigenvalue weighted by molar-refractivity contribution is 5.82. The number of ether oxygens (including phenoxy) is 3. The van der Waals surface area contributed by atoms with Gasteiger partial charge in [0.1, 0.15) is 12.2 Å². The van der Waals surface area contributed by atoms with Crippen LogP contribution in [0.5, 0.6) is 0 Å². The van der Waals surface area contributed by atoms with Gasteiger partial charge in [-0.05, 0) is 65.2 Å². The predicted octanol–water partition coefficient (Wildman–Crippen LogP) is 4.92. The van der Waals surface area contributed by atoms with Gasteiger partial charge in [-0.15, -0.1) is 0 Å². The normalized spacial score (nSPS) is 18.7. The van der Waals surface area contributed by atoms with E-state index in [0.717, 1.165) is 6.42 Å². The van der Waals surface area contributed by atoms with Crippen LogP contribution in [-0.2, 0) is 33.4 Å². The van der Waals surface area contributed by atoms with Crippen LogP contribution in [0.4, 0.5) is 0 Å². The van der Waals surface area contributed by atoms with E-state index < -0.39 is 34.3 Å². The maximum Gasteiger partial charge on any atom is 0.312 e. The lowest BCUT2D eigenvalue weighted by molar-refractivity contribution is -0.175. The molecular weight excluding hydrogens is 462 g/mol. The summed E-state index contributed by atoms with van der Waals surface area (Å²) < 4.78 is 16.5. The molecule has 1 saturated heterocycles. The van der Waals surface area contributed by atoms with Crippen LogP contribution in [0.15, 0.2) is 0 Å². The third-order valence-electron chi connectivity index (χ3n) is 6.99. The molecule has 8 nitrogen and oxygen atoms in total. The lowest BCUT2D eigenvalue weighted by Crippen LogP contribution is -2.44. The summed E-state index contributed by atoms with van der Waals surface area (Å²) in [6, 6.07) is 0. The summed E-state index contributed by atoms with van der Waals surface area (Å²) in [6.07, 6.45) is 2.85. The van der Waals surface area contributed by atoms with Crippen molar-refractivity contribution in [3.63, 3.8) is 0 Å². The van der Waals surface area contributed by atoms with Crippen molar-refractivity contribution < 1.29 is 33.4 Å². The first-order chi connectivity index (χ1) is 16.4. The number of carbonyl (C=O) groups excluding carboxylic acids is 4. The second kappa shape index (κ2) is 12.4. The fraction of sp³-hybridized carbons (Fsp3) is 0.857. The summed E-state index contributed by atoms with van der Waals surface area (Å²) in [5.74, 6) is -1.80.